The van der Waals surface area contributed by atoms with Crippen molar-refractivity contribution < 1.29 is 14.7 Å². The van der Waals surface area contributed by atoms with Gasteiger partial charge >= 0.3 is 0 Å². The Morgan fingerprint density at radius 3 is 2.31 bits per heavy atom. The molecule has 194 valence electrons. The first-order chi connectivity index (χ1) is 16.9. The van der Waals surface area contributed by atoms with Crippen LogP contribution in [0.2, 0.25) is 0 Å². The molecule has 2 bridgehead atoms. The molecule has 3 N–H and O–H groups in total. The predicted molar refractivity (Wildman–Crippen MR) is 141 cm³/mol. The van der Waals surface area contributed by atoms with E-state index in [0.717, 1.165) is 42.6 Å². The van der Waals surface area contributed by atoms with Gasteiger partial charge in [-0.1, -0.05) is 0 Å². The van der Waals surface area contributed by atoms with Crippen molar-refractivity contribution in [3.8, 4) is 10.4 Å². The summed E-state index contributed by atoms with van der Waals surface area (Å²) in [7, 11) is 0. The Balaban J connectivity index is 1.47. The van der Waals surface area contributed by atoms with Crippen molar-refractivity contribution in [2.24, 2.45) is 5.92 Å². The minimum Gasteiger partial charge on any atom is -0.389 e. The Bertz CT molecular complexity index is 1160. The molecule has 2 aliphatic heterocycles. The van der Waals surface area contributed by atoms with Gasteiger partial charge in [-0.3, -0.25) is 9.59 Å². The van der Waals surface area contributed by atoms with E-state index in [-0.39, 0.29) is 41.0 Å². The molecule has 0 radical (unpaired) electrons. The van der Waals surface area contributed by atoms with Crippen molar-refractivity contribution in [1.82, 2.24) is 20.2 Å². The highest BCUT2D eigenvalue weighted by atomic mass is 32.1. The normalized spacial score (nSPS) is 21.7. The van der Waals surface area contributed by atoms with Crippen LogP contribution in [0.4, 0.5) is 5.82 Å². The quantitative estimate of drug-likeness (QED) is 0.485. The smallest absolute Gasteiger partial charge is 0.280 e. The molecule has 1 saturated carbocycles. The van der Waals surface area contributed by atoms with Gasteiger partial charge in [0.05, 0.1) is 10.5 Å². The van der Waals surface area contributed by atoms with E-state index in [0.29, 0.717) is 16.5 Å². The molecule has 2 saturated heterocycles. The molecule has 2 amide bonds. The van der Waals surface area contributed by atoms with Gasteiger partial charge in [-0.2, -0.15) is 0 Å². The van der Waals surface area contributed by atoms with Crippen LogP contribution in [0.3, 0.4) is 0 Å². The third-order valence-corrected chi connectivity index (χ3v) is 8.88. The SMILES string of the molecule is Cc1cc(NC(C)(C)C2CC2)ncc1-c1sc(C(=O)NCC(C)(C)O)nc1C(=O)N1C2CCC1CC2. The number of aromatic nitrogens is 2. The molecule has 0 unspecified atom stereocenters. The van der Waals surface area contributed by atoms with E-state index in [2.05, 4.69) is 34.4 Å². The summed E-state index contributed by atoms with van der Waals surface area (Å²) >= 11 is 1.22. The van der Waals surface area contributed by atoms with Gasteiger partial charge in [-0.05, 0) is 90.7 Å². The second-order valence-electron chi connectivity index (χ2n) is 11.9. The van der Waals surface area contributed by atoms with Crippen LogP contribution in [0.25, 0.3) is 10.4 Å². The zero-order valence-electron chi connectivity index (χ0n) is 21.9. The van der Waals surface area contributed by atoms with Crippen molar-refractivity contribution in [2.75, 3.05) is 11.9 Å². The van der Waals surface area contributed by atoms with Crippen molar-refractivity contribution in [3.05, 3.63) is 28.5 Å². The molecule has 0 aromatic carbocycles. The number of nitrogens with one attached hydrogen (secondary N) is 2. The van der Waals surface area contributed by atoms with Gasteiger partial charge < -0.3 is 20.6 Å². The van der Waals surface area contributed by atoms with Crippen LogP contribution in [0.1, 0.15) is 92.1 Å². The number of amides is 2. The second kappa shape index (κ2) is 9.10. The number of nitrogens with zero attached hydrogens (tertiary/aromatic N) is 3. The van der Waals surface area contributed by atoms with Crippen molar-refractivity contribution >= 4 is 29.0 Å². The van der Waals surface area contributed by atoms with E-state index < -0.39 is 5.60 Å². The number of fused-ring (bicyclic) bond motifs is 2. The molecular formula is C27H37N5O3S. The lowest BCUT2D eigenvalue weighted by Gasteiger charge is -2.27. The fraction of sp³-hybridized carbons (Fsp3) is 0.630. The third kappa shape index (κ3) is 5.00. The van der Waals surface area contributed by atoms with E-state index in [9.17, 15) is 14.7 Å². The summed E-state index contributed by atoms with van der Waals surface area (Å²) < 4.78 is 0. The fourth-order valence-electron chi connectivity index (χ4n) is 5.58. The summed E-state index contributed by atoms with van der Waals surface area (Å²) in [6, 6.07) is 2.54. The van der Waals surface area contributed by atoms with E-state index in [1.807, 2.05) is 17.9 Å². The summed E-state index contributed by atoms with van der Waals surface area (Å²) in [6.45, 7) is 9.78. The summed E-state index contributed by atoms with van der Waals surface area (Å²) in [5, 5.41) is 16.6. The van der Waals surface area contributed by atoms with Crippen LogP contribution in [0.15, 0.2) is 12.3 Å². The molecular weight excluding hydrogens is 474 g/mol. The molecule has 2 aromatic rings. The Morgan fingerprint density at radius 1 is 1.11 bits per heavy atom. The summed E-state index contributed by atoms with van der Waals surface area (Å²) in [6.07, 6.45) is 8.40. The highest BCUT2D eigenvalue weighted by molar-refractivity contribution is 7.17. The van der Waals surface area contributed by atoms with Crippen LogP contribution < -0.4 is 10.6 Å². The Labute approximate surface area is 216 Å². The average molecular weight is 512 g/mol. The Hall–Kier alpha value is -2.52. The maximum absolute atomic E-state index is 13.8. The number of aryl methyl sites for hydroxylation is 1. The van der Waals surface area contributed by atoms with Crippen molar-refractivity contribution in [3.63, 3.8) is 0 Å². The maximum Gasteiger partial charge on any atom is 0.280 e. The number of hydrogen-bond donors (Lipinski definition) is 3. The molecule has 4 heterocycles. The van der Waals surface area contributed by atoms with Gasteiger partial charge in [-0.25, -0.2) is 9.97 Å². The van der Waals surface area contributed by atoms with Crippen molar-refractivity contribution in [2.45, 2.75) is 96.4 Å². The van der Waals surface area contributed by atoms with Crippen LogP contribution in [-0.2, 0) is 0 Å². The fourth-order valence-corrected chi connectivity index (χ4v) is 6.63. The Kier molecular flexibility index (Phi) is 6.35. The molecule has 3 fully saturated rings. The maximum atomic E-state index is 13.8. The van der Waals surface area contributed by atoms with Gasteiger partial charge in [0.1, 0.15) is 11.5 Å². The Morgan fingerprint density at radius 2 is 1.75 bits per heavy atom. The molecule has 3 aliphatic rings. The van der Waals surface area contributed by atoms with Gasteiger partial charge in [0.2, 0.25) is 0 Å². The van der Waals surface area contributed by atoms with Gasteiger partial charge in [0.25, 0.3) is 11.8 Å². The van der Waals surface area contributed by atoms with Crippen LogP contribution in [-0.4, -0.2) is 61.6 Å². The first-order valence-electron chi connectivity index (χ1n) is 13.0. The van der Waals surface area contributed by atoms with Crippen LogP contribution in [0.5, 0.6) is 0 Å². The topological polar surface area (TPSA) is 107 Å². The standard InChI is InChI=1S/C27H37N5O3S/c1-15-12-20(31-27(4,5)16-6-7-16)28-13-19(15)22-21(25(34)32-17-8-9-18(32)11-10-17)30-24(36-22)23(33)29-14-26(2,3)35/h12-13,16-18,35H,6-11,14H2,1-5H3,(H,28,31)(H,29,33). The van der Waals surface area contributed by atoms with E-state index in [4.69, 9.17) is 0 Å². The lowest BCUT2D eigenvalue weighted by atomic mass is 9.98. The molecule has 1 aliphatic carbocycles. The number of anilines is 1. The van der Waals surface area contributed by atoms with Crippen LogP contribution >= 0.6 is 11.3 Å². The zero-order chi connectivity index (χ0) is 25.8. The lowest BCUT2D eigenvalue weighted by molar-refractivity contribution is 0.0692. The second-order valence-corrected chi connectivity index (χ2v) is 12.9. The molecule has 0 spiro atoms. The van der Waals surface area contributed by atoms with Crippen molar-refractivity contribution in [1.29, 1.82) is 0 Å². The van der Waals surface area contributed by atoms with Gasteiger partial charge in [0, 0.05) is 35.9 Å². The summed E-state index contributed by atoms with van der Waals surface area (Å²) in [5.41, 5.74) is 1.06. The third-order valence-electron chi connectivity index (χ3n) is 7.80. The zero-order valence-corrected chi connectivity index (χ0v) is 22.7. The monoisotopic (exact) mass is 511 g/mol. The minimum absolute atomic E-state index is 0.0205. The van der Waals surface area contributed by atoms with E-state index >= 15 is 0 Å². The van der Waals surface area contributed by atoms with Gasteiger partial charge in [0.15, 0.2) is 5.01 Å². The van der Waals surface area contributed by atoms with E-state index in [1.165, 1.54) is 24.2 Å². The number of aliphatic hydroxyl groups is 1. The highest BCUT2D eigenvalue weighted by Gasteiger charge is 2.44. The number of carbonyl (C=O) groups is 2. The molecule has 5 rings (SSSR count). The van der Waals surface area contributed by atoms with Crippen LogP contribution in [0, 0.1) is 12.8 Å². The highest BCUT2D eigenvalue weighted by Crippen LogP contribution is 2.42. The number of carbonyl (C=O) groups excluding carboxylic acids is 2. The minimum atomic E-state index is -1.04. The molecule has 0 atom stereocenters. The first kappa shape index (κ1) is 25.1. The summed E-state index contributed by atoms with van der Waals surface area (Å²) in [4.78, 5) is 38.6. The lowest BCUT2D eigenvalue weighted by Crippen LogP contribution is -2.38. The number of pyridine rings is 1. The first-order valence-corrected chi connectivity index (χ1v) is 13.8. The number of thiazole rings is 1. The average Bonchev–Trinajstić information content (AvgIpc) is 3.31. The number of hydrogen-bond acceptors (Lipinski definition) is 7. The van der Waals surface area contributed by atoms with Gasteiger partial charge in [-0.15, -0.1) is 11.3 Å². The number of rotatable bonds is 8. The largest absolute Gasteiger partial charge is 0.389 e. The predicted octanol–water partition coefficient (Wildman–Crippen LogP) is 4.38. The molecule has 36 heavy (non-hydrogen) atoms. The molecule has 2 aromatic heterocycles. The summed E-state index contributed by atoms with van der Waals surface area (Å²) in [5.74, 6) is 0.989. The molecule has 8 nitrogen and oxygen atoms in total. The van der Waals surface area contributed by atoms with E-state index in [1.54, 1.807) is 20.0 Å². The molecule has 9 heteroatoms.